The normalized spacial score (nSPS) is 15.1. The van der Waals surface area contributed by atoms with E-state index in [4.69, 9.17) is 14.8 Å². The van der Waals surface area contributed by atoms with Gasteiger partial charge in [0.1, 0.15) is 15.8 Å². The van der Waals surface area contributed by atoms with Gasteiger partial charge in [0.15, 0.2) is 17.8 Å². The predicted octanol–water partition coefficient (Wildman–Crippen LogP) is -4.09. The summed E-state index contributed by atoms with van der Waals surface area (Å²) in [7, 11) is -17.2. The van der Waals surface area contributed by atoms with E-state index in [2.05, 4.69) is 61.3 Å². The van der Waals surface area contributed by atoms with Gasteiger partial charge < -0.3 is 19.9 Å². The Morgan fingerprint density at radius 1 is 0.511 bits per heavy atom. The molecule has 0 saturated heterocycles. The Morgan fingerprint density at radius 2 is 0.894 bits per heavy atom. The number of primary sulfonamides is 2. The summed E-state index contributed by atoms with van der Waals surface area (Å²) in [6.45, 7) is 6.21. The third-order valence-electron chi connectivity index (χ3n) is 12.8. The van der Waals surface area contributed by atoms with E-state index in [0.717, 1.165) is 75.4 Å². The van der Waals surface area contributed by atoms with Gasteiger partial charge in [0.25, 0.3) is 27.5 Å². The first-order valence-electron chi connectivity index (χ1n) is 25.3. The minimum atomic E-state index is -4.65. The van der Waals surface area contributed by atoms with Crippen LogP contribution in [0.3, 0.4) is 0 Å². The molecule has 0 aliphatic carbocycles. The molecule has 6 N–H and O–H groups in total. The quantitative estimate of drug-likeness (QED) is 0.0406. The van der Waals surface area contributed by atoms with Gasteiger partial charge in [-0.05, 0) is 149 Å². The number of anilines is 2. The van der Waals surface area contributed by atoms with Crippen LogP contribution in [0.15, 0.2) is 209 Å². The van der Waals surface area contributed by atoms with Gasteiger partial charge >= 0.3 is 105 Å². The zero-order valence-electron chi connectivity index (χ0n) is 49.8. The van der Waals surface area contributed by atoms with E-state index in [1.165, 1.54) is 60.1 Å². The molecule has 2 aliphatic heterocycles. The topological polar surface area (TPSA) is 521 Å². The van der Waals surface area contributed by atoms with Crippen LogP contribution >= 0.6 is 0 Å². The van der Waals surface area contributed by atoms with Crippen LogP contribution < -0.4 is 130 Å². The molecule has 2 amide bonds. The molecule has 10 rings (SSSR count). The Labute approximate surface area is 610 Å². The van der Waals surface area contributed by atoms with Crippen molar-refractivity contribution in [2.24, 2.45) is 61.4 Å². The summed E-state index contributed by atoms with van der Waals surface area (Å²) < 4.78 is 114. The standard InChI is InChI=1S/2C26H23N9O8S2.Co.3Na/c2*1-14-23(25(37)35(32-14)18-7-9-19(10-8-18)45(41,42)43)30-28-16-3-5-17(6-4-16)34-26(38)24(15(2)33-34)31-29-21-13-20(44(27,39)40)11-12-22(21)36;;;;/h3-13,23,36,38H,1-2H3,(H2,27,39,40)(H,41,42,43);3-13,23,33,36H,1-2H3,(H2,27,39,40)(H,41,42,43);;;;/q;;+3;3*+1/p-4. The fourth-order valence-corrected chi connectivity index (χ4v) is 10.2. The molecule has 2 atom stereocenters. The van der Waals surface area contributed by atoms with Crippen molar-refractivity contribution in [3.05, 3.63) is 155 Å². The molecule has 4 heterocycles. The number of carbonyl (C=O) groups excluding carboxylic acids is 2. The van der Waals surface area contributed by atoms with Crippen molar-refractivity contribution in [2.75, 3.05) is 10.0 Å². The van der Waals surface area contributed by atoms with Crippen molar-refractivity contribution in [1.29, 1.82) is 0 Å². The number of aromatic nitrogens is 4. The Kier molecular flexibility index (Phi) is 25.6. The molecular formula is C52H42CoN18Na3O16S4+2. The smallest absolute Gasteiger partial charge is 0.871 e. The molecule has 8 aromatic rings. The van der Waals surface area contributed by atoms with Crippen LogP contribution in [0.25, 0.3) is 11.4 Å². The van der Waals surface area contributed by atoms with Crippen molar-refractivity contribution in [1.82, 2.24) is 19.6 Å². The van der Waals surface area contributed by atoms with Crippen LogP contribution in [0.5, 0.6) is 17.4 Å². The zero-order chi connectivity index (χ0) is 65.4. The molecule has 0 saturated carbocycles. The number of azo groups is 4. The molecular weight excluding hydrogens is 1390 g/mol. The number of hydrazone groups is 2. The van der Waals surface area contributed by atoms with Gasteiger partial charge in [-0.25, -0.2) is 44.9 Å². The van der Waals surface area contributed by atoms with Crippen LogP contribution in [-0.4, -0.2) is 97.7 Å². The number of aromatic amines is 1. The summed E-state index contributed by atoms with van der Waals surface area (Å²) in [6, 6.07) is 25.7. The molecule has 42 heteroatoms. The van der Waals surface area contributed by atoms with Gasteiger partial charge in [0, 0.05) is 5.88 Å². The fraction of sp³-hybridized carbons (Fsp3) is 0.115. The number of benzene rings is 6. The van der Waals surface area contributed by atoms with Crippen LogP contribution in [0, 0.1) is 13.8 Å². The number of H-pyrrole nitrogens is 1. The third-order valence-corrected chi connectivity index (χ3v) is 16.3. The molecule has 0 spiro atoms. The van der Waals surface area contributed by atoms with E-state index < -0.39 is 92.0 Å². The summed E-state index contributed by atoms with van der Waals surface area (Å²) >= 11 is 0. The van der Waals surface area contributed by atoms with Gasteiger partial charge in [0.05, 0.1) is 87.9 Å². The van der Waals surface area contributed by atoms with E-state index in [9.17, 15) is 67.9 Å². The second-order valence-corrected chi connectivity index (χ2v) is 25.0. The maximum absolute atomic E-state index is 13.0. The number of aryl methyl sites for hydroxylation is 2. The molecule has 34 nitrogen and oxygen atoms in total. The maximum atomic E-state index is 13.0. The van der Waals surface area contributed by atoms with Crippen molar-refractivity contribution < 1.29 is 173 Å². The number of nitrogens with two attached hydrogens (primary N) is 2. The Balaban J connectivity index is 0.000000327. The van der Waals surface area contributed by atoms with Gasteiger partial charge in [-0.1, -0.05) is 23.6 Å². The van der Waals surface area contributed by atoms with E-state index >= 15 is 0 Å². The Morgan fingerprint density at radius 3 is 1.30 bits per heavy atom. The second-order valence-electron chi connectivity index (χ2n) is 19.1. The first-order valence-corrected chi connectivity index (χ1v) is 31.2. The number of nitrogens with zero attached hydrogens (tertiary/aromatic N) is 15. The summed E-state index contributed by atoms with van der Waals surface area (Å²) in [6.07, 6.45) is 0. The van der Waals surface area contributed by atoms with Crippen LogP contribution in [0.4, 0.5) is 45.5 Å². The average Bonchev–Trinajstić information content (AvgIpc) is 1.65. The molecule has 2 aromatic heterocycles. The number of amides is 2. The second kappa shape index (κ2) is 31.1. The Hall–Kier alpha value is -7.23. The number of rotatable bonds is 16. The first kappa shape index (κ1) is 77.5. The molecule has 0 radical (unpaired) electrons. The monoisotopic (exact) mass is 1430 g/mol. The molecule has 470 valence electrons. The molecule has 6 aromatic carbocycles. The molecule has 0 bridgehead atoms. The molecule has 2 unspecified atom stereocenters. The summed E-state index contributed by atoms with van der Waals surface area (Å²) in [4.78, 5) is 37.4. The number of nitrogens with one attached hydrogen (secondary N) is 1. The minimum Gasteiger partial charge on any atom is -0.871 e. The van der Waals surface area contributed by atoms with Crippen LogP contribution in [0.2, 0.25) is 0 Å². The van der Waals surface area contributed by atoms with Crippen LogP contribution in [-0.2, 0) is 66.7 Å². The largest absolute Gasteiger partial charge is 3.00 e. The molecule has 94 heavy (non-hydrogen) atoms. The van der Waals surface area contributed by atoms with Crippen molar-refractivity contribution in [3.63, 3.8) is 0 Å². The van der Waals surface area contributed by atoms with E-state index in [0.29, 0.717) is 39.9 Å². The first-order chi connectivity index (χ1) is 42.3. The van der Waals surface area contributed by atoms with E-state index in [-0.39, 0.29) is 160 Å². The Bertz CT molecular complexity index is 4960. The van der Waals surface area contributed by atoms with Crippen molar-refractivity contribution >= 4 is 109 Å². The summed E-state index contributed by atoms with van der Waals surface area (Å²) in [5.74, 6) is -2.98. The third kappa shape index (κ3) is 17.8. The molecule has 2 aliphatic rings. The van der Waals surface area contributed by atoms with Crippen LogP contribution in [0.1, 0.15) is 25.2 Å². The van der Waals surface area contributed by atoms with Gasteiger partial charge in [0.2, 0.25) is 20.0 Å². The van der Waals surface area contributed by atoms with Crippen molar-refractivity contribution in [3.8, 4) is 28.8 Å². The SMILES string of the molecule is CC1=NN(c2ccc(S(=O)(=O)O)cc2)C(=O)C1N=Nc1ccc(-n2[nH]c(C)c(N=Nc3cc(S(N)(=O)=O)ccc3[O-])c2=O)cc1.CC1=NN(c2ccc(S(=O)(=O)[O-])cc2)C(=O)C1N=Nc1ccc(-n2nc(C)c(N=Nc3cc(S(N)(=O)=O)ccc3[O-])c2[O-])cc1.[Co+3].[Na+].[Na+].[Na+]. The van der Waals surface area contributed by atoms with Gasteiger partial charge in [-0.15, -0.1) is 10.2 Å². The maximum Gasteiger partial charge on any atom is 3.00 e. The summed E-state index contributed by atoms with van der Waals surface area (Å²) in [5, 5.41) is 96.4. The van der Waals surface area contributed by atoms with E-state index in [1.54, 1.807) is 45.0 Å². The summed E-state index contributed by atoms with van der Waals surface area (Å²) in [5.41, 5.74) is 1.52. The number of hydrogen-bond acceptors (Lipinski definition) is 26. The minimum absolute atomic E-state index is 0. The predicted molar refractivity (Wildman–Crippen MR) is 310 cm³/mol. The zero-order valence-corrected chi connectivity index (χ0v) is 60.1. The van der Waals surface area contributed by atoms with Gasteiger partial charge in [-0.2, -0.15) is 64.4 Å². The fourth-order valence-electron chi connectivity index (χ4n) is 8.18. The average molecular weight is 1430 g/mol. The number of carbonyl (C=O) groups is 2. The number of hydrogen-bond donors (Lipinski definition) is 4. The van der Waals surface area contributed by atoms with Crippen molar-refractivity contribution in [2.45, 2.75) is 59.4 Å². The van der Waals surface area contributed by atoms with Gasteiger partial charge in [-0.3, -0.25) is 24.0 Å². The number of sulfonamides is 2. The van der Waals surface area contributed by atoms with E-state index in [1.807, 2.05) is 0 Å². The molecule has 0 fully saturated rings.